The van der Waals surface area contributed by atoms with Crippen LogP contribution in [0.3, 0.4) is 0 Å². The third kappa shape index (κ3) is 31.9. The SMILES string of the molecule is CCCCCCCC/C=C\CCCCCCCCCCCC(=O)OC(COC(=O)CCCCCCC/C=C\CCCCCCCCC)COC1OC(CO)C(O)C(O)C1O. The summed E-state index contributed by atoms with van der Waals surface area (Å²) >= 11 is 0. The van der Waals surface area contributed by atoms with Crippen molar-refractivity contribution in [1.82, 2.24) is 0 Å². The predicted octanol–water partition coefficient (Wildman–Crippen LogP) is 11.3. The summed E-state index contributed by atoms with van der Waals surface area (Å²) in [6.07, 6.45) is 38.9. The molecule has 6 unspecified atom stereocenters. The third-order valence-corrected chi connectivity index (χ3v) is 11.6. The molecule has 0 saturated carbocycles. The van der Waals surface area contributed by atoms with E-state index in [0.29, 0.717) is 6.42 Å². The van der Waals surface area contributed by atoms with E-state index < -0.39 is 49.4 Å². The van der Waals surface area contributed by atoms with Crippen LogP contribution in [0.4, 0.5) is 0 Å². The van der Waals surface area contributed by atoms with E-state index in [2.05, 4.69) is 38.2 Å². The number of hydrogen-bond donors (Lipinski definition) is 4. The molecule has 10 nitrogen and oxygen atoms in total. The van der Waals surface area contributed by atoms with E-state index in [1.807, 2.05) is 0 Å². The molecule has 0 spiro atoms. The van der Waals surface area contributed by atoms with E-state index in [4.69, 9.17) is 18.9 Å². The highest BCUT2D eigenvalue weighted by Crippen LogP contribution is 2.23. The number of aliphatic hydroxyl groups excluding tert-OH is 4. The van der Waals surface area contributed by atoms with Crippen molar-refractivity contribution in [2.45, 2.75) is 263 Å². The second-order valence-electron chi connectivity index (χ2n) is 17.3. The van der Waals surface area contributed by atoms with Gasteiger partial charge in [0.05, 0.1) is 13.2 Å². The van der Waals surface area contributed by atoms with Crippen molar-refractivity contribution in [3.8, 4) is 0 Å². The van der Waals surface area contributed by atoms with Crippen molar-refractivity contribution in [3.63, 3.8) is 0 Å². The Morgan fingerprint density at radius 1 is 0.500 bits per heavy atom. The van der Waals surface area contributed by atoms with Crippen LogP contribution < -0.4 is 0 Å². The second-order valence-corrected chi connectivity index (χ2v) is 17.3. The Bertz CT molecular complexity index is 1030. The van der Waals surface area contributed by atoms with E-state index in [0.717, 1.165) is 57.8 Å². The molecule has 1 aliphatic heterocycles. The maximum atomic E-state index is 12.8. The van der Waals surface area contributed by atoms with Crippen LogP contribution in [0.25, 0.3) is 0 Å². The number of unbranched alkanes of at least 4 members (excludes halogenated alkanes) is 27. The molecular formula is C50H92O10. The molecule has 6 atom stereocenters. The molecule has 0 bridgehead atoms. The number of aliphatic hydroxyl groups is 4. The molecule has 1 rings (SSSR count). The molecule has 1 saturated heterocycles. The topological polar surface area (TPSA) is 152 Å². The van der Waals surface area contributed by atoms with Crippen LogP contribution in [-0.2, 0) is 28.5 Å². The minimum absolute atomic E-state index is 0.220. The van der Waals surface area contributed by atoms with Gasteiger partial charge in [-0.3, -0.25) is 9.59 Å². The van der Waals surface area contributed by atoms with Gasteiger partial charge in [0.2, 0.25) is 0 Å². The average Bonchev–Trinajstić information content (AvgIpc) is 3.25. The highest BCUT2D eigenvalue weighted by Gasteiger charge is 2.44. The van der Waals surface area contributed by atoms with Gasteiger partial charge in [-0.25, -0.2) is 0 Å². The summed E-state index contributed by atoms with van der Waals surface area (Å²) in [5, 5.41) is 40.2. The van der Waals surface area contributed by atoms with Gasteiger partial charge in [-0.2, -0.15) is 0 Å². The number of esters is 2. The molecule has 0 aromatic rings. The summed E-state index contributed by atoms with van der Waals surface area (Å²) < 4.78 is 22.2. The predicted molar refractivity (Wildman–Crippen MR) is 243 cm³/mol. The lowest BCUT2D eigenvalue weighted by Gasteiger charge is -2.39. The lowest BCUT2D eigenvalue weighted by atomic mass is 9.99. The molecule has 0 radical (unpaired) electrons. The van der Waals surface area contributed by atoms with Gasteiger partial charge in [0, 0.05) is 12.8 Å². The molecule has 0 amide bonds. The van der Waals surface area contributed by atoms with Crippen LogP contribution in [0.2, 0.25) is 0 Å². The lowest BCUT2D eigenvalue weighted by molar-refractivity contribution is -0.305. The lowest BCUT2D eigenvalue weighted by Crippen LogP contribution is -2.59. The van der Waals surface area contributed by atoms with Crippen LogP contribution in [0.1, 0.15) is 226 Å². The summed E-state index contributed by atoms with van der Waals surface area (Å²) in [5.74, 6) is -0.810. The average molecular weight is 853 g/mol. The first kappa shape index (κ1) is 56.2. The smallest absolute Gasteiger partial charge is 0.306 e. The summed E-state index contributed by atoms with van der Waals surface area (Å²) in [5.41, 5.74) is 0. The van der Waals surface area contributed by atoms with Gasteiger partial charge in [0.15, 0.2) is 12.4 Å². The molecule has 0 aromatic heterocycles. The number of hydrogen-bond acceptors (Lipinski definition) is 10. The highest BCUT2D eigenvalue weighted by molar-refractivity contribution is 5.70. The normalized spacial score (nSPS) is 20.0. The van der Waals surface area contributed by atoms with Gasteiger partial charge in [-0.1, -0.05) is 173 Å². The number of carbonyl (C=O) groups excluding carboxylic acids is 2. The molecule has 1 heterocycles. The summed E-state index contributed by atoms with van der Waals surface area (Å²) in [4.78, 5) is 25.4. The van der Waals surface area contributed by atoms with Gasteiger partial charge in [0.1, 0.15) is 31.0 Å². The summed E-state index contributed by atoms with van der Waals surface area (Å²) in [7, 11) is 0. The zero-order valence-electron chi connectivity index (χ0n) is 38.5. The van der Waals surface area contributed by atoms with Gasteiger partial charge < -0.3 is 39.4 Å². The molecule has 0 aliphatic carbocycles. The first-order valence-corrected chi connectivity index (χ1v) is 24.9. The maximum Gasteiger partial charge on any atom is 0.306 e. The molecule has 352 valence electrons. The van der Waals surface area contributed by atoms with Gasteiger partial charge in [0.25, 0.3) is 0 Å². The standard InChI is InChI=1S/C50H92O10/c1-3-5-7-9-11-13-15-17-19-21-22-23-25-27-29-31-33-35-37-39-46(53)59-43(42-58-50-49(56)48(55)47(54)44(40-51)60-50)41-57-45(52)38-36-34-32-30-28-26-24-20-18-16-14-12-10-8-6-4-2/h17,19-20,24,43-44,47-51,54-56H,3-16,18,21-23,25-42H2,1-2H3/b19-17-,24-20-. The van der Waals surface area contributed by atoms with Crippen molar-refractivity contribution >= 4 is 11.9 Å². The molecule has 4 N–H and O–H groups in total. The fraction of sp³-hybridized carbons (Fsp3) is 0.880. The van der Waals surface area contributed by atoms with Crippen molar-refractivity contribution in [2.24, 2.45) is 0 Å². The van der Waals surface area contributed by atoms with E-state index >= 15 is 0 Å². The van der Waals surface area contributed by atoms with Crippen LogP contribution in [0.5, 0.6) is 0 Å². The Labute approximate surface area is 366 Å². The van der Waals surface area contributed by atoms with Gasteiger partial charge in [-0.05, 0) is 64.2 Å². The quantitative estimate of drug-likeness (QED) is 0.0265. The zero-order valence-corrected chi connectivity index (χ0v) is 38.5. The van der Waals surface area contributed by atoms with Crippen molar-refractivity contribution in [3.05, 3.63) is 24.3 Å². The van der Waals surface area contributed by atoms with Crippen molar-refractivity contribution in [2.75, 3.05) is 19.8 Å². The Kier molecular flexibility index (Phi) is 38.6. The fourth-order valence-corrected chi connectivity index (χ4v) is 7.59. The minimum Gasteiger partial charge on any atom is -0.462 e. The van der Waals surface area contributed by atoms with E-state index in [-0.39, 0.29) is 32.0 Å². The first-order chi connectivity index (χ1) is 29.3. The monoisotopic (exact) mass is 853 g/mol. The van der Waals surface area contributed by atoms with Crippen molar-refractivity contribution in [1.29, 1.82) is 0 Å². The van der Waals surface area contributed by atoms with E-state index in [1.54, 1.807) is 0 Å². The fourth-order valence-electron chi connectivity index (χ4n) is 7.59. The highest BCUT2D eigenvalue weighted by atomic mass is 16.7. The Morgan fingerprint density at radius 2 is 0.883 bits per heavy atom. The van der Waals surface area contributed by atoms with Crippen LogP contribution in [-0.4, -0.2) is 89.0 Å². The number of carbonyl (C=O) groups is 2. The van der Waals surface area contributed by atoms with E-state index in [1.165, 1.54) is 135 Å². The van der Waals surface area contributed by atoms with Crippen LogP contribution in [0, 0.1) is 0 Å². The molecule has 0 aromatic carbocycles. The molecule has 1 aliphatic rings. The largest absolute Gasteiger partial charge is 0.462 e. The first-order valence-electron chi connectivity index (χ1n) is 24.9. The van der Waals surface area contributed by atoms with Gasteiger partial charge in [-0.15, -0.1) is 0 Å². The summed E-state index contributed by atoms with van der Waals surface area (Å²) in [6.45, 7) is 3.43. The molecule has 10 heteroatoms. The van der Waals surface area contributed by atoms with E-state index in [9.17, 15) is 30.0 Å². The zero-order chi connectivity index (χ0) is 43.7. The van der Waals surface area contributed by atoms with Crippen molar-refractivity contribution < 1.29 is 49.0 Å². The van der Waals surface area contributed by atoms with Crippen LogP contribution in [0.15, 0.2) is 24.3 Å². The maximum absolute atomic E-state index is 12.8. The Morgan fingerprint density at radius 3 is 1.30 bits per heavy atom. The van der Waals surface area contributed by atoms with Crippen LogP contribution >= 0.6 is 0 Å². The number of ether oxygens (including phenoxy) is 4. The van der Waals surface area contributed by atoms with Gasteiger partial charge >= 0.3 is 11.9 Å². The molecule has 60 heavy (non-hydrogen) atoms. The second kappa shape index (κ2) is 41.2. The molecular weight excluding hydrogens is 761 g/mol. The molecule has 1 fully saturated rings. The minimum atomic E-state index is -1.59. The summed E-state index contributed by atoms with van der Waals surface area (Å²) in [6, 6.07) is 0. The Hall–Kier alpha value is -1.82. The Balaban J connectivity index is 2.28. The number of allylic oxidation sites excluding steroid dienone is 4. The third-order valence-electron chi connectivity index (χ3n) is 11.6. The number of rotatable bonds is 42.